The van der Waals surface area contributed by atoms with E-state index in [0.29, 0.717) is 27.9 Å². The van der Waals surface area contributed by atoms with E-state index in [0.717, 1.165) is 16.9 Å². The molecule has 0 saturated heterocycles. The maximum Gasteiger partial charge on any atom is 0.266 e. The minimum absolute atomic E-state index is 0.255. The van der Waals surface area contributed by atoms with E-state index in [9.17, 15) is 9.18 Å². The van der Waals surface area contributed by atoms with Crippen LogP contribution in [-0.2, 0) is 13.2 Å². The molecule has 1 amide bonds. The molecule has 158 valence electrons. The lowest BCUT2D eigenvalue weighted by Crippen LogP contribution is -2.11. The molecule has 5 nitrogen and oxygen atoms in total. The van der Waals surface area contributed by atoms with E-state index >= 15 is 0 Å². The number of nitrogens with zero attached hydrogens (tertiary/aromatic N) is 2. The van der Waals surface area contributed by atoms with Crippen molar-refractivity contribution in [1.82, 2.24) is 9.78 Å². The zero-order valence-corrected chi connectivity index (χ0v) is 18.2. The van der Waals surface area contributed by atoms with Crippen molar-refractivity contribution < 1.29 is 13.9 Å². The normalized spacial score (nSPS) is 10.8. The predicted octanol–water partition coefficient (Wildman–Crippen LogP) is 5.93. The molecule has 4 aromatic rings. The van der Waals surface area contributed by atoms with Gasteiger partial charge in [-0.15, -0.1) is 11.3 Å². The number of benzene rings is 2. The Morgan fingerprint density at radius 3 is 2.87 bits per heavy atom. The van der Waals surface area contributed by atoms with Crippen LogP contribution in [0.3, 0.4) is 0 Å². The highest BCUT2D eigenvalue weighted by Crippen LogP contribution is 2.23. The molecule has 0 radical (unpaired) electrons. The summed E-state index contributed by atoms with van der Waals surface area (Å²) in [4.78, 5) is 13.1. The molecule has 0 bridgehead atoms. The molecule has 0 saturated carbocycles. The molecule has 0 spiro atoms. The number of carbonyl (C=O) groups is 1. The van der Waals surface area contributed by atoms with E-state index in [-0.39, 0.29) is 18.3 Å². The van der Waals surface area contributed by atoms with Crippen LogP contribution in [0.2, 0.25) is 5.02 Å². The summed E-state index contributed by atoms with van der Waals surface area (Å²) in [6.07, 6.45) is 1.70. The predicted molar refractivity (Wildman–Crippen MR) is 121 cm³/mol. The standard InChI is InChI=1S/C23H19ClFN3O2S/c1-15-10-18(6-7-19(15)24)30-13-16-11-21(31-14-16)23(29)26-22-8-9-28(27-22)12-17-4-2-3-5-20(17)25/h2-11,14H,12-13H2,1H3,(H,26,27,29). The summed E-state index contributed by atoms with van der Waals surface area (Å²) >= 11 is 7.36. The number of thiophene rings is 1. The summed E-state index contributed by atoms with van der Waals surface area (Å²) in [5.41, 5.74) is 2.37. The lowest BCUT2D eigenvalue weighted by molar-refractivity contribution is 0.103. The average molecular weight is 456 g/mol. The van der Waals surface area contributed by atoms with Crippen LogP contribution in [-0.4, -0.2) is 15.7 Å². The molecule has 2 aromatic carbocycles. The van der Waals surface area contributed by atoms with Gasteiger partial charge in [-0.25, -0.2) is 4.39 Å². The molecule has 2 heterocycles. The van der Waals surface area contributed by atoms with Gasteiger partial charge in [-0.1, -0.05) is 29.8 Å². The van der Waals surface area contributed by atoms with Crippen LogP contribution in [0, 0.1) is 12.7 Å². The van der Waals surface area contributed by atoms with Crippen LogP contribution < -0.4 is 10.1 Å². The van der Waals surface area contributed by atoms with Gasteiger partial charge in [0.05, 0.1) is 11.4 Å². The molecular formula is C23H19ClFN3O2S. The quantitative estimate of drug-likeness (QED) is 0.376. The van der Waals surface area contributed by atoms with Gasteiger partial charge < -0.3 is 10.1 Å². The van der Waals surface area contributed by atoms with E-state index in [4.69, 9.17) is 16.3 Å². The lowest BCUT2D eigenvalue weighted by Gasteiger charge is -2.06. The summed E-state index contributed by atoms with van der Waals surface area (Å²) < 4.78 is 21.2. The van der Waals surface area contributed by atoms with Crippen LogP contribution in [0.15, 0.2) is 66.2 Å². The van der Waals surface area contributed by atoms with Gasteiger partial charge in [0.1, 0.15) is 18.2 Å². The van der Waals surface area contributed by atoms with Crippen LogP contribution in [0.5, 0.6) is 5.75 Å². The van der Waals surface area contributed by atoms with E-state index in [2.05, 4.69) is 10.4 Å². The SMILES string of the molecule is Cc1cc(OCc2csc(C(=O)Nc3ccn(Cc4ccccc4F)n3)c2)ccc1Cl. The molecule has 0 unspecified atom stereocenters. The fraction of sp³-hybridized carbons (Fsp3) is 0.130. The summed E-state index contributed by atoms with van der Waals surface area (Å²) in [5.74, 6) is 0.587. The van der Waals surface area contributed by atoms with Gasteiger partial charge in [-0.3, -0.25) is 9.48 Å². The second-order valence-electron chi connectivity index (χ2n) is 6.96. The summed E-state index contributed by atoms with van der Waals surface area (Å²) in [6, 6.07) is 15.5. The zero-order valence-electron chi connectivity index (χ0n) is 16.6. The smallest absolute Gasteiger partial charge is 0.266 e. The first kappa shape index (κ1) is 21.1. The first-order valence-electron chi connectivity index (χ1n) is 9.52. The number of ether oxygens (including phenoxy) is 1. The zero-order chi connectivity index (χ0) is 21.8. The maximum atomic E-state index is 13.8. The monoisotopic (exact) mass is 455 g/mol. The molecule has 8 heteroatoms. The third-order valence-electron chi connectivity index (χ3n) is 4.58. The number of carbonyl (C=O) groups excluding carboxylic acids is 1. The molecule has 0 aliphatic carbocycles. The number of hydrogen-bond donors (Lipinski definition) is 1. The van der Waals surface area contributed by atoms with Crippen molar-refractivity contribution in [3.8, 4) is 5.75 Å². The van der Waals surface area contributed by atoms with Crippen molar-refractivity contribution >= 4 is 34.7 Å². The minimum atomic E-state index is -0.286. The fourth-order valence-corrected chi connectivity index (χ4v) is 3.85. The second kappa shape index (κ2) is 9.32. The first-order chi connectivity index (χ1) is 15.0. The number of hydrogen-bond acceptors (Lipinski definition) is 4. The Hall–Kier alpha value is -3.16. The fourth-order valence-electron chi connectivity index (χ4n) is 2.94. The number of anilines is 1. The van der Waals surface area contributed by atoms with Gasteiger partial charge in [-0.05, 0) is 48.2 Å². The number of halogens is 2. The minimum Gasteiger partial charge on any atom is -0.489 e. The van der Waals surface area contributed by atoms with Crippen molar-refractivity contribution in [2.45, 2.75) is 20.1 Å². The van der Waals surface area contributed by atoms with Crippen LogP contribution in [0.25, 0.3) is 0 Å². The third-order valence-corrected chi connectivity index (χ3v) is 5.99. The Balaban J connectivity index is 1.34. The third kappa shape index (κ3) is 5.31. The van der Waals surface area contributed by atoms with E-state index in [1.807, 2.05) is 24.4 Å². The van der Waals surface area contributed by atoms with Gasteiger partial charge in [-0.2, -0.15) is 5.10 Å². The summed E-state index contributed by atoms with van der Waals surface area (Å²) in [5, 5.41) is 9.64. The van der Waals surface area contributed by atoms with Crippen LogP contribution in [0.4, 0.5) is 10.2 Å². The molecule has 2 aromatic heterocycles. The van der Waals surface area contributed by atoms with E-state index in [1.54, 1.807) is 47.3 Å². The van der Waals surface area contributed by atoms with E-state index in [1.165, 1.54) is 17.4 Å². The van der Waals surface area contributed by atoms with Gasteiger partial charge in [0.25, 0.3) is 5.91 Å². The van der Waals surface area contributed by atoms with Crippen LogP contribution in [0.1, 0.15) is 26.4 Å². The molecule has 0 aliphatic heterocycles. The lowest BCUT2D eigenvalue weighted by atomic mass is 10.2. The molecule has 0 aliphatic rings. The molecule has 0 atom stereocenters. The summed E-state index contributed by atoms with van der Waals surface area (Å²) in [7, 11) is 0. The molecule has 0 fully saturated rings. The van der Waals surface area contributed by atoms with Gasteiger partial charge >= 0.3 is 0 Å². The van der Waals surface area contributed by atoms with Crippen molar-refractivity contribution in [3.05, 3.63) is 98.6 Å². The van der Waals surface area contributed by atoms with Gasteiger partial charge in [0.15, 0.2) is 5.82 Å². The number of nitrogens with one attached hydrogen (secondary N) is 1. The Kier molecular flexibility index (Phi) is 6.34. The highest BCUT2D eigenvalue weighted by molar-refractivity contribution is 7.12. The van der Waals surface area contributed by atoms with Crippen molar-refractivity contribution in [3.63, 3.8) is 0 Å². The number of aryl methyl sites for hydroxylation is 1. The maximum absolute atomic E-state index is 13.8. The van der Waals surface area contributed by atoms with Gasteiger partial charge in [0, 0.05) is 28.4 Å². The highest BCUT2D eigenvalue weighted by Gasteiger charge is 2.12. The van der Waals surface area contributed by atoms with Crippen molar-refractivity contribution in [2.24, 2.45) is 0 Å². The number of rotatable bonds is 7. The second-order valence-corrected chi connectivity index (χ2v) is 8.28. The van der Waals surface area contributed by atoms with Crippen molar-refractivity contribution in [1.29, 1.82) is 0 Å². The Morgan fingerprint density at radius 2 is 2.06 bits per heavy atom. The number of amides is 1. The molecular weight excluding hydrogens is 437 g/mol. The largest absolute Gasteiger partial charge is 0.489 e. The highest BCUT2D eigenvalue weighted by atomic mass is 35.5. The first-order valence-corrected chi connectivity index (χ1v) is 10.8. The molecule has 4 rings (SSSR count). The van der Waals surface area contributed by atoms with Gasteiger partial charge in [0.2, 0.25) is 0 Å². The van der Waals surface area contributed by atoms with E-state index < -0.39 is 0 Å². The Labute approximate surface area is 188 Å². The average Bonchev–Trinajstić information content (AvgIpc) is 3.40. The van der Waals surface area contributed by atoms with Crippen LogP contribution >= 0.6 is 22.9 Å². The molecule has 31 heavy (non-hydrogen) atoms. The number of aromatic nitrogens is 2. The Bertz CT molecular complexity index is 1220. The topological polar surface area (TPSA) is 56.1 Å². The summed E-state index contributed by atoms with van der Waals surface area (Å²) in [6.45, 7) is 2.55. The van der Waals surface area contributed by atoms with Crippen molar-refractivity contribution in [2.75, 3.05) is 5.32 Å². The Morgan fingerprint density at radius 1 is 1.23 bits per heavy atom. The molecule has 1 N–H and O–H groups in total.